The predicted octanol–water partition coefficient (Wildman–Crippen LogP) is 3.81. The Morgan fingerprint density at radius 1 is 1.13 bits per heavy atom. The zero-order valence-corrected chi connectivity index (χ0v) is 18.7. The molecule has 7 heteroatoms. The first-order valence-electron chi connectivity index (χ1n) is 10.5. The van der Waals surface area contributed by atoms with E-state index in [4.69, 9.17) is 0 Å². The summed E-state index contributed by atoms with van der Waals surface area (Å²) in [5.74, 6) is 1.50. The number of benzene rings is 1. The molecule has 0 saturated carbocycles. The first-order valence-corrected chi connectivity index (χ1v) is 11.3. The zero-order chi connectivity index (χ0) is 21.1. The van der Waals surface area contributed by atoms with Gasteiger partial charge < -0.3 is 10.6 Å². The summed E-state index contributed by atoms with van der Waals surface area (Å²) in [7, 11) is 0. The molecule has 1 aromatic carbocycles. The van der Waals surface area contributed by atoms with Crippen molar-refractivity contribution in [3.63, 3.8) is 0 Å². The Balaban J connectivity index is 1.28. The largest absolute Gasteiger partial charge is 0.360 e. The molecule has 0 spiro atoms. The molecule has 0 aliphatic carbocycles. The van der Waals surface area contributed by atoms with Crippen molar-refractivity contribution in [2.75, 3.05) is 25.0 Å². The van der Waals surface area contributed by atoms with Crippen molar-refractivity contribution < 1.29 is 4.79 Å². The molecule has 1 amide bonds. The fourth-order valence-corrected chi connectivity index (χ4v) is 5.08. The van der Waals surface area contributed by atoms with Crippen LogP contribution in [0.2, 0.25) is 0 Å². The lowest BCUT2D eigenvalue weighted by Gasteiger charge is -2.32. The number of anilines is 1. The van der Waals surface area contributed by atoms with Gasteiger partial charge in [-0.05, 0) is 44.7 Å². The second-order valence-electron chi connectivity index (χ2n) is 8.04. The van der Waals surface area contributed by atoms with Crippen LogP contribution in [0.3, 0.4) is 0 Å². The molecule has 0 radical (unpaired) electrons. The third kappa shape index (κ3) is 4.79. The van der Waals surface area contributed by atoms with Gasteiger partial charge in [0, 0.05) is 30.6 Å². The van der Waals surface area contributed by atoms with Gasteiger partial charge in [0.1, 0.15) is 16.5 Å². The molecule has 4 rings (SSSR count). The van der Waals surface area contributed by atoms with Gasteiger partial charge in [-0.15, -0.1) is 11.3 Å². The van der Waals surface area contributed by atoms with Gasteiger partial charge >= 0.3 is 0 Å². The highest BCUT2D eigenvalue weighted by Crippen LogP contribution is 2.33. The van der Waals surface area contributed by atoms with Crippen molar-refractivity contribution >= 4 is 33.3 Å². The smallest absolute Gasteiger partial charge is 0.239 e. The molecule has 1 fully saturated rings. The number of hydrogen-bond donors (Lipinski definition) is 2. The molecule has 3 aromatic rings. The topological polar surface area (TPSA) is 70.2 Å². The van der Waals surface area contributed by atoms with Crippen LogP contribution in [0.25, 0.3) is 10.2 Å². The normalized spacial score (nSPS) is 15.4. The van der Waals surface area contributed by atoms with Crippen LogP contribution in [-0.2, 0) is 11.3 Å². The first-order chi connectivity index (χ1) is 14.5. The molecular weight excluding hydrogens is 394 g/mol. The van der Waals surface area contributed by atoms with Crippen molar-refractivity contribution in [2.24, 2.45) is 0 Å². The number of aryl methyl sites for hydroxylation is 3. The highest BCUT2D eigenvalue weighted by Gasteiger charge is 2.21. The van der Waals surface area contributed by atoms with E-state index in [0.717, 1.165) is 54.3 Å². The van der Waals surface area contributed by atoms with E-state index in [9.17, 15) is 4.79 Å². The van der Waals surface area contributed by atoms with Gasteiger partial charge in [-0.3, -0.25) is 9.69 Å². The van der Waals surface area contributed by atoms with Gasteiger partial charge in [0.25, 0.3) is 0 Å². The minimum absolute atomic E-state index is 0.0190. The fourth-order valence-electron chi connectivity index (χ4n) is 4.00. The number of amides is 1. The maximum absolute atomic E-state index is 12.5. The molecule has 6 nitrogen and oxygen atoms in total. The van der Waals surface area contributed by atoms with E-state index >= 15 is 0 Å². The quantitative estimate of drug-likeness (QED) is 0.631. The number of aromatic nitrogens is 2. The van der Waals surface area contributed by atoms with Crippen LogP contribution in [0.5, 0.6) is 0 Å². The Kier molecular flexibility index (Phi) is 6.29. The van der Waals surface area contributed by atoms with Crippen LogP contribution in [0.15, 0.2) is 30.3 Å². The average molecular weight is 424 g/mol. The summed E-state index contributed by atoms with van der Waals surface area (Å²) >= 11 is 1.67. The van der Waals surface area contributed by atoms with Crippen LogP contribution in [-0.4, -0.2) is 46.5 Å². The van der Waals surface area contributed by atoms with Crippen molar-refractivity contribution in [3.8, 4) is 0 Å². The standard InChI is InChI=1S/C23H29N5OS/c1-15-16(2)30-23-21(15)22(25-17(3)26-23)24-13-20(29)27-19-9-11-28(12-10-19)14-18-7-5-4-6-8-18/h4-8,19H,9-14H2,1-3H3,(H,27,29)(H,24,25,26). The van der Waals surface area contributed by atoms with E-state index in [0.29, 0.717) is 0 Å². The van der Waals surface area contributed by atoms with Gasteiger partial charge in [-0.1, -0.05) is 30.3 Å². The molecule has 2 N–H and O–H groups in total. The van der Waals surface area contributed by atoms with E-state index in [2.05, 4.69) is 63.6 Å². The second kappa shape index (κ2) is 9.10. The van der Waals surface area contributed by atoms with E-state index in [-0.39, 0.29) is 18.5 Å². The average Bonchev–Trinajstić information content (AvgIpc) is 3.02. The maximum atomic E-state index is 12.5. The molecular formula is C23H29N5OS. The lowest BCUT2D eigenvalue weighted by molar-refractivity contribution is -0.120. The SMILES string of the molecule is Cc1nc(NCC(=O)NC2CCN(Cc3ccccc3)CC2)c2c(C)c(C)sc2n1. The van der Waals surface area contributed by atoms with Crippen molar-refractivity contribution in [1.82, 2.24) is 20.2 Å². The lowest BCUT2D eigenvalue weighted by atomic mass is 10.0. The summed E-state index contributed by atoms with van der Waals surface area (Å²) in [6.45, 7) is 9.28. The van der Waals surface area contributed by atoms with Gasteiger partial charge in [0.15, 0.2) is 0 Å². The van der Waals surface area contributed by atoms with E-state index in [1.807, 2.05) is 13.0 Å². The molecule has 0 unspecified atom stereocenters. The van der Waals surface area contributed by atoms with Crippen LogP contribution >= 0.6 is 11.3 Å². The van der Waals surface area contributed by atoms with Crippen LogP contribution < -0.4 is 10.6 Å². The molecule has 1 saturated heterocycles. The Bertz CT molecular complexity index is 1020. The molecule has 0 bridgehead atoms. The minimum Gasteiger partial charge on any atom is -0.360 e. The maximum Gasteiger partial charge on any atom is 0.239 e. The van der Waals surface area contributed by atoms with Crippen LogP contribution in [0.1, 0.15) is 34.7 Å². The number of likely N-dealkylation sites (tertiary alicyclic amines) is 1. The fraction of sp³-hybridized carbons (Fsp3) is 0.435. The summed E-state index contributed by atoms with van der Waals surface area (Å²) < 4.78 is 0. The van der Waals surface area contributed by atoms with Crippen LogP contribution in [0.4, 0.5) is 5.82 Å². The highest BCUT2D eigenvalue weighted by atomic mass is 32.1. The Labute approximate surface area is 181 Å². The molecule has 0 atom stereocenters. The Morgan fingerprint density at radius 2 is 1.87 bits per heavy atom. The Hall–Kier alpha value is -2.51. The van der Waals surface area contributed by atoms with E-state index in [1.54, 1.807) is 11.3 Å². The molecule has 158 valence electrons. The molecule has 30 heavy (non-hydrogen) atoms. The highest BCUT2D eigenvalue weighted by molar-refractivity contribution is 7.18. The summed E-state index contributed by atoms with van der Waals surface area (Å²) in [5, 5.41) is 7.47. The number of thiophene rings is 1. The summed E-state index contributed by atoms with van der Waals surface area (Å²) in [5.41, 5.74) is 2.53. The van der Waals surface area contributed by atoms with Gasteiger partial charge in [-0.25, -0.2) is 9.97 Å². The number of fused-ring (bicyclic) bond motifs is 1. The summed E-state index contributed by atoms with van der Waals surface area (Å²) in [4.78, 5) is 26.3. The number of rotatable bonds is 6. The number of hydrogen-bond acceptors (Lipinski definition) is 6. The Morgan fingerprint density at radius 3 is 2.60 bits per heavy atom. The number of piperidine rings is 1. The summed E-state index contributed by atoms with van der Waals surface area (Å²) in [6.07, 6.45) is 1.97. The molecule has 2 aromatic heterocycles. The molecule has 3 heterocycles. The zero-order valence-electron chi connectivity index (χ0n) is 17.9. The second-order valence-corrected chi connectivity index (χ2v) is 9.24. The van der Waals surface area contributed by atoms with Crippen molar-refractivity contribution in [2.45, 2.75) is 46.2 Å². The first kappa shape index (κ1) is 20.8. The number of carbonyl (C=O) groups excluding carboxylic acids is 1. The van der Waals surface area contributed by atoms with Gasteiger partial charge in [0.05, 0.1) is 11.9 Å². The van der Waals surface area contributed by atoms with Crippen molar-refractivity contribution in [3.05, 3.63) is 52.2 Å². The van der Waals surface area contributed by atoms with Gasteiger partial charge in [-0.2, -0.15) is 0 Å². The van der Waals surface area contributed by atoms with E-state index < -0.39 is 0 Å². The monoisotopic (exact) mass is 423 g/mol. The van der Waals surface area contributed by atoms with Crippen LogP contribution in [0, 0.1) is 20.8 Å². The number of carbonyl (C=O) groups is 1. The van der Waals surface area contributed by atoms with Gasteiger partial charge in [0.2, 0.25) is 5.91 Å². The summed E-state index contributed by atoms with van der Waals surface area (Å²) in [6, 6.07) is 10.8. The minimum atomic E-state index is 0.0190. The molecule has 1 aliphatic rings. The third-order valence-electron chi connectivity index (χ3n) is 5.76. The number of nitrogens with zero attached hydrogens (tertiary/aromatic N) is 3. The lowest BCUT2D eigenvalue weighted by Crippen LogP contribution is -2.45. The third-order valence-corrected chi connectivity index (χ3v) is 6.86. The number of nitrogens with one attached hydrogen (secondary N) is 2. The molecule has 1 aliphatic heterocycles. The van der Waals surface area contributed by atoms with E-state index in [1.165, 1.54) is 16.0 Å². The predicted molar refractivity (Wildman–Crippen MR) is 123 cm³/mol. The van der Waals surface area contributed by atoms with Crippen molar-refractivity contribution in [1.29, 1.82) is 0 Å².